The largest absolute Gasteiger partial charge is 0.491 e. The van der Waals surface area contributed by atoms with Crippen LogP contribution in [-0.2, 0) is 9.53 Å². The summed E-state index contributed by atoms with van der Waals surface area (Å²) in [5.74, 6) is 0.152. The van der Waals surface area contributed by atoms with Gasteiger partial charge in [-0.25, -0.2) is 20.0 Å². The summed E-state index contributed by atoms with van der Waals surface area (Å²) in [6.45, 7) is 0.342. The first kappa shape index (κ1) is 16.3. The van der Waals surface area contributed by atoms with Gasteiger partial charge in [0, 0.05) is 30.4 Å². The Kier molecular flexibility index (Phi) is 5.44. The maximum absolute atomic E-state index is 11.4. The van der Waals surface area contributed by atoms with Crippen LogP contribution >= 0.6 is 0 Å². The second-order valence-electron chi connectivity index (χ2n) is 4.83. The first-order chi connectivity index (χ1) is 12.3. The minimum Gasteiger partial charge on any atom is -0.491 e. The summed E-state index contributed by atoms with van der Waals surface area (Å²) < 4.78 is 5.06. The number of rotatable bonds is 0. The van der Waals surface area contributed by atoms with Crippen LogP contribution in [-0.4, -0.2) is 47.7 Å². The minimum atomic E-state index is -0.385. The van der Waals surface area contributed by atoms with E-state index >= 15 is 0 Å². The zero-order valence-corrected chi connectivity index (χ0v) is 13.2. The Bertz CT molecular complexity index is 954. The Balaban J connectivity index is 1.98. The van der Waals surface area contributed by atoms with Crippen LogP contribution in [0.25, 0.3) is 5.57 Å². The van der Waals surface area contributed by atoms with Crippen LogP contribution in [0.15, 0.2) is 63.1 Å². The lowest BCUT2D eigenvalue weighted by atomic mass is 10.2. The third-order valence-corrected chi connectivity index (χ3v) is 3.12. The lowest BCUT2D eigenvalue weighted by Gasteiger charge is -1.94. The van der Waals surface area contributed by atoms with Crippen LogP contribution in [0.4, 0.5) is 5.82 Å². The Labute approximate surface area is 143 Å². The van der Waals surface area contributed by atoms with Crippen molar-refractivity contribution in [2.75, 3.05) is 13.2 Å². The summed E-state index contributed by atoms with van der Waals surface area (Å²) in [7, 11) is 0. The smallest absolute Gasteiger partial charge is 0.283 e. The fourth-order valence-electron chi connectivity index (χ4n) is 2.05. The highest BCUT2D eigenvalue weighted by Gasteiger charge is 2.09. The molecule has 0 unspecified atom stereocenters. The molecule has 3 rings (SSSR count). The van der Waals surface area contributed by atoms with Crippen LogP contribution < -0.4 is 10.7 Å². The monoisotopic (exact) mass is 334 g/mol. The van der Waals surface area contributed by atoms with Crippen molar-refractivity contribution < 1.29 is 9.53 Å². The number of carbonyl (C=O) groups is 1. The SMILES string of the molecule is O=C1CO/C=C\C=C/C=Nc2ncnc3c2=C(C=N/C=C\C=N1)CN=3. The molecule has 0 radical (unpaired) electrons. The Morgan fingerprint density at radius 2 is 1.92 bits per heavy atom. The average molecular weight is 334 g/mol. The highest BCUT2D eigenvalue weighted by atomic mass is 16.5. The second kappa shape index (κ2) is 8.34. The van der Waals surface area contributed by atoms with E-state index in [0.717, 1.165) is 10.8 Å². The van der Waals surface area contributed by atoms with Crippen molar-refractivity contribution in [1.82, 2.24) is 9.97 Å². The molecule has 3 heterocycles. The van der Waals surface area contributed by atoms with Gasteiger partial charge in [0.05, 0.1) is 18.0 Å². The van der Waals surface area contributed by atoms with Crippen LogP contribution in [0.2, 0.25) is 0 Å². The number of aromatic nitrogens is 2. The van der Waals surface area contributed by atoms with E-state index in [9.17, 15) is 4.79 Å². The molecule has 1 amide bonds. The standard InChI is InChI=1S/C17H14N6O2/c24-14-11-25-8-3-1-2-6-20-16-15-13(9-18-5-4-7-19-14)10-21-17(15)23-12-22-16/h1-9,12H,10-11H2/b2-1-,5-4-,8-3-,18-9?,19-7?,20-6?. The van der Waals surface area contributed by atoms with Crippen molar-refractivity contribution in [3.63, 3.8) is 0 Å². The van der Waals surface area contributed by atoms with Gasteiger partial charge >= 0.3 is 0 Å². The van der Waals surface area contributed by atoms with Crippen molar-refractivity contribution in [1.29, 1.82) is 0 Å². The number of allylic oxidation sites excluding steroid dienone is 4. The number of nitrogens with zero attached hydrogens (tertiary/aromatic N) is 6. The van der Waals surface area contributed by atoms with Gasteiger partial charge in [-0.05, 0) is 18.2 Å². The van der Waals surface area contributed by atoms with Crippen molar-refractivity contribution in [3.8, 4) is 0 Å². The van der Waals surface area contributed by atoms with Gasteiger partial charge in [0.25, 0.3) is 5.91 Å². The zero-order chi connectivity index (χ0) is 17.3. The number of ether oxygens (including phenoxy) is 1. The summed E-state index contributed by atoms with van der Waals surface area (Å²) in [6.07, 6.45) is 15.7. The molecular weight excluding hydrogens is 320 g/mol. The molecule has 2 aliphatic heterocycles. The Morgan fingerprint density at radius 3 is 2.88 bits per heavy atom. The number of hydrogen-bond acceptors (Lipinski definition) is 7. The number of hydrogen-bond donors (Lipinski definition) is 0. The first-order valence-electron chi connectivity index (χ1n) is 7.46. The van der Waals surface area contributed by atoms with Gasteiger partial charge in [0.15, 0.2) is 17.9 Å². The molecule has 25 heavy (non-hydrogen) atoms. The molecule has 124 valence electrons. The van der Waals surface area contributed by atoms with Gasteiger partial charge in [0.2, 0.25) is 0 Å². The second-order valence-corrected chi connectivity index (χ2v) is 4.83. The molecular formula is C17H14N6O2. The average Bonchev–Trinajstić information content (AvgIpc) is 3.03. The molecule has 0 bridgehead atoms. The predicted octanol–water partition coefficient (Wildman–Crippen LogP) is 0.245. The molecule has 0 atom stereocenters. The maximum Gasteiger partial charge on any atom is 0.283 e. The normalized spacial score (nSPS) is 20.8. The van der Waals surface area contributed by atoms with Crippen molar-refractivity contribution in [3.05, 3.63) is 53.8 Å². The molecule has 1 aromatic heterocycles. The van der Waals surface area contributed by atoms with Crippen molar-refractivity contribution in [2.24, 2.45) is 20.0 Å². The summed E-state index contributed by atoms with van der Waals surface area (Å²) >= 11 is 0. The van der Waals surface area contributed by atoms with E-state index in [-0.39, 0.29) is 12.5 Å². The van der Waals surface area contributed by atoms with Crippen molar-refractivity contribution >= 4 is 35.9 Å². The zero-order valence-electron chi connectivity index (χ0n) is 13.2. The predicted molar refractivity (Wildman–Crippen MR) is 94.6 cm³/mol. The summed E-state index contributed by atoms with van der Waals surface area (Å²) in [4.78, 5) is 36.4. The van der Waals surface area contributed by atoms with E-state index in [0.29, 0.717) is 17.9 Å². The molecule has 0 saturated heterocycles. The third-order valence-electron chi connectivity index (χ3n) is 3.12. The molecule has 2 aliphatic rings. The van der Waals surface area contributed by atoms with Gasteiger partial charge in [0.1, 0.15) is 6.33 Å². The van der Waals surface area contributed by atoms with E-state index in [1.807, 2.05) is 0 Å². The Morgan fingerprint density at radius 1 is 1.00 bits per heavy atom. The van der Waals surface area contributed by atoms with E-state index in [4.69, 9.17) is 4.74 Å². The minimum absolute atomic E-state index is 0.126. The molecule has 1 aromatic rings. The fraction of sp³-hybridized carbons (Fsp3) is 0.118. The van der Waals surface area contributed by atoms with Gasteiger partial charge in [-0.3, -0.25) is 14.8 Å². The van der Waals surface area contributed by atoms with E-state index in [2.05, 4.69) is 29.9 Å². The van der Waals surface area contributed by atoms with Crippen LogP contribution in [0.3, 0.4) is 0 Å². The molecule has 0 N–H and O–H groups in total. The van der Waals surface area contributed by atoms with Gasteiger partial charge in [-0.1, -0.05) is 6.08 Å². The molecule has 0 fully saturated rings. The third kappa shape index (κ3) is 4.47. The quantitative estimate of drug-likeness (QED) is 0.678. The molecule has 0 spiro atoms. The lowest BCUT2D eigenvalue weighted by Crippen LogP contribution is -2.28. The number of aliphatic imine (C=N–C) groups is 3. The van der Waals surface area contributed by atoms with Gasteiger partial charge in [-0.2, -0.15) is 0 Å². The molecule has 0 saturated carbocycles. The summed E-state index contributed by atoms with van der Waals surface area (Å²) in [5, 5.41) is 0.771. The number of amides is 1. The van der Waals surface area contributed by atoms with Crippen LogP contribution in [0, 0.1) is 0 Å². The van der Waals surface area contributed by atoms with Crippen LogP contribution in [0.1, 0.15) is 0 Å². The maximum atomic E-state index is 11.4. The summed E-state index contributed by atoms with van der Waals surface area (Å²) in [5.41, 5.74) is 1.48. The highest BCUT2D eigenvalue weighted by molar-refractivity contribution is 6.04. The van der Waals surface area contributed by atoms with Crippen molar-refractivity contribution in [2.45, 2.75) is 0 Å². The molecule has 8 heteroatoms. The topological polar surface area (TPSA) is 102 Å². The number of carbonyl (C=O) groups excluding carboxylic acids is 1. The van der Waals surface area contributed by atoms with Gasteiger partial charge < -0.3 is 4.74 Å². The fourth-order valence-corrected chi connectivity index (χ4v) is 2.05. The van der Waals surface area contributed by atoms with E-state index in [1.165, 1.54) is 25.0 Å². The Hall–Kier alpha value is -3.55. The van der Waals surface area contributed by atoms with E-state index in [1.54, 1.807) is 36.7 Å². The lowest BCUT2D eigenvalue weighted by molar-refractivity contribution is -0.120. The van der Waals surface area contributed by atoms with Crippen LogP contribution in [0.5, 0.6) is 0 Å². The first-order valence-corrected chi connectivity index (χ1v) is 7.46. The molecule has 0 aromatic carbocycles. The molecule has 0 aliphatic carbocycles. The van der Waals surface area contributed by atoms with E-state index < -0.39 is 0 Å². The summed E-state index contributed by atoms with van der Waals surface area (Å²) in [6, 6.07) is 0. The molecule has 8 nitrogen and oxygen atoms in total. The van der Waals surface area contributed by atoms with Gasteiger partial charge in [-0.15, -0.1) is 0 Å². The highest BCUT2D eigenvalue weighted by Crippen LogP contribution is 2.02.